The molecule has 0 unspecified atom stereocenters. The van der Waals surface area contributed by atoms with E-state index in [0.29, 0.717) is 0 Å². The van der Waals surface area contributed by atoms with E-state index in [1.807, 2.05) is 44.6 Å². The summed E-state index contributed by atoms with van der Waals surface area (Å²) in [6, 6.07) is 4.31. The average molecular weight is 394 g/mol. The lowest BCUT2D eigenvalue weighted by Crippen LogP contribution is -2.06. The largest absolute Gasteiger partial charge is 0.273 e. The summed E-state index contributed by atoms with van der Waals surface area (Å²) in [7, 11) is 1.90. The summed E-state index contributed by atoms with van der Waals surface area (Å²) in [4.78, 5) is 16.2. The van der Waals surface area contributed by atoms with Gasteiger partial charge < -0.3 is 0 Å². The van der Waals surface area contributed by atoms with Crippen LogP contribution in [0, 0.1) is 0 Å². The van der Waals surface area contributed by atoms with Crippen molar-refractivity contribution in [2.45, 2.75) is 58.3 Å². The SMILES string of the molecule is C1CC1.CC.Cn1cc2cc(-c3ncc4cc(C5CCC5)sc4n3)cnc2n1. The molecule has 0 aromatic carbocycles. The van der Waals surface area contributed by atoms with Gasteiger partial charge in [-0.05, 0) is 30.9 Å². The van der Waals surface area contributed by atoms with Crippen LogP contribution < -0.4 is 0 Å². The highest BCUT2D eigenvalue weighted by atomic mass is 32.1. The summed E-state index contributed by atoms with van der Waals surface area (Å²) < 4.78 is 1.77. The number of hydrogen-bond donors (Lipinski definition) is 0. The lowest BCUT2D eigenvalue weighted by atomic mass is 9.84. The van der Waals surface area contributed by atoms with Crippen molar-refractivity contribution in [3.8, 4) is 11.4 Å². The van der Waals surface area contributed by atoms with Crippen molar-refractivity contribution in [1.29, 1.82) is 0 Å². The van der Waals surface area contributed by atoms with E-state index in [1.165, 1.54) is 43.4 Å². The Hall–Kier alpha value is -2.34. The van der Waals surface area contributed by atoms with Gasteiger partial charge in [0.05, 0.1) is 0 Å². The number of pyridine rings is 1. The predicted molar refractivity (Wildman–Crippen MR) is 117 cm³/mol. The van der Waals surface area contributed by atoms with E-state index in [4.69, 9.17) is 4.98 Å². The highest BCUT2D eigenvalue weighted by molar-refractivity contribution is 7.18. The van der Waals surface area contributed by atoms with E-state index in [9.17, 15) is 0 Å². The minimum Gasteiger partial charge on any atom is -0.273 e. The second-order valence-corrected chi connectivity index (χ2v) is 8.29. The lowest BCUT2D eigenvalue weighted by Gasteiger charge is -2.23. The van der Waals surface area contributed by atoms with E-state index in [2.05, 4.69) is 27.2 Å². The van der Waals surface area contributed by atoms with Crippen LogP contribution in [-0.4, -0.2) is 24.7 Å². The minimum atomic E-state index is 0.734. The summed E-state index contributed by atoms with van der Waals surface area (Å²) >= 11 is 1.81. The first-order valence-electron chi connectivity index (χ1n) is 10.3. The molecule has 28 heavy (non-hydrogen) atoms. The molecule has 6 heteroatoms. The highest BCUT2D eigenvalue weighted by Gasteiger charge is 2.22. The van der Waals surface area contributed by atoms with Crippen molar-refractivity contribution in [1.82, 2.24) is 24.7 Å². The zero-order valence-corrected chi connectivity index (χ0v) is 17.7. The van der Waals surface area contributed by atoms with Crippen molar-refractivity contribution in [3.05, 3.63) is 35.6 Å². The third kappa shape index (κ3) is 4.07. The van der Waals surface area contributed by atoms with Gasteiger partial charge in [-0.15, -0.1) is 11.3 Å². The zero-order chi connectivity index (χ0) is 19.5. The van der Waals surface area contributed by atoms with Gasteiger partial charge in [-0.1, -0.05) is 39.5 Å². The number of aromatic nitrogens is 5. The Morgan fingerprint density at radius 2 is 1.75 bits per heavy atom. The summed E-state index contributed by atoms with van der Waals surface area (Å²) in [5.41, 5.74) is 1.69. The number of thiophene rings is 1. The summed E-state index contributed by atoms with van der Waals surface area (Å²) in [5.74, 6) is 1.48. The number of nitrogens with zero attached hydrogens (tertiary/aromatic N) is 5. The first-order valence-corrected chi connectivity index (χ1v) is 11.1. The second-order valence-electron chi connectivity index (χ2n) is 7.23. The molecule has 4 aromatic rings. The third-order valence-corrected chi connectivity index (χ3v) is 6.09. The quantitative estimate of drug-likeness (QED) is 0.413. The fraction of sp³-hybridized carbons (Fsp3) is 0.455. The molecule has 5 nitrogen and oxygen atoms in total. The molecule has 4 aromatic heterocycles. The molecule has 0 saturated heterocycles. The Labute approximate surface area is 169 Å². The maximum atomic E-state index is 4.76. The molecule has 0 aliphatic heterocycles. The Morgan fingerprint density at radius 1 is 0.964 bits per heavy atom. The van der Waals surface area contributed by atoms with Crippen LogP contribution >= 0.6 is 11.3 Å². The smallest absolute Gasteiger partial charge is 0.181 e. The van der Waals surface area contributed by atoms with Crippen molar-refractivity contribution < 1.29 is 0 Å². The van der Waals surface area contributed by atoms with Crippen LogP contribution in [0.3, 0.4) is 0 Å². The Bertz CT molecular complexity index is 1070. The standard InChI is InChI=1S/C17H15N5S.C3H6.C2H6/c1-22-9-13-5-11(7-19-16(13)21-22)15-18-8-12-6-14(10-3-2-4-10)23-17(12)20-15;1-2-3-1;1-2/h5-10H,2-4H2,1H3;1-3H2;1-2H3. The predicted octanol–water partition coefficient (Wildman–Crippen LogP) is 6.10. The van der Waals surface area contributed by atoms with E-state index in [0.717, 1.165) is 38.6 Å². The maximum absolute atomic E-state index is 4.76. The van der Waals surface area contributed by atoms with E-state index in [-0.39, 0.29) is 0 Å². The molecule has 6 rings (SSSR count). The van der Waals surface area contributed by atoms with E-state index < -0.39 is 0 Å². The van der Waals surface area contributed by atoms with Crippen LogP contribution in [0.4, 0.5) is 0 Å². The van der Waals surface area contributed by atoms with Gasteiger partial charge in [-0.3, -0.25) is 4.68 Å². The second kappa shape index (κ2) is 8.35. The van der Waals surface area contributed by atoms with E-state index in [1.54, 1.807) is 10.9 Å². The molecule has 146 valence electrons. The number of hydrogen-bond acceptors (Lipinski definition) is 5. The van der Waals surface area contributed by atoms with Gasteiger partial charge in [0.25, 0.3) is 0 Å². The van der Waals surface area contributed by atoms with Crippen LogP contribution in [0.1, 0.15) is 63.2 Å². The van der Waals surface area contributed by atoms with Crippen molar-refractivity contribution in [3.63, 3.8) is 0 Å². The first kappa shape index (κ1) is 19.0. The number of fused-ring (bicyclic) bond motifs is 2. The van der Waals surface area contributed by atoms with Gasteiger partial charge in [0, 0.05) is 46.9 Å². The van der Waals surface area contributed by atoms with Crippen molar-refractivity contribution >= 4 is 32.6 Å². The molecule has 0 amide bonds. The first-order chi connectivity index (χ1) is 13.8. The molecule has 2 aliphatic carbocycles. The normalized spacial score (nSPS) is 15.4. The van der Waals surface area contributed by atoms with Gasteiger partial charge in [-0.2, -0.15) is 5.10 Å². The van der Waals surface area contributed by atoms with Gasteiger partial charge >= 0.3 is 0 Å². The molecule has 0 bridgehead atoms. The fourth-order valence-corrected chi connectivity index (χ4v) is 4.21. The van der Waals surface area contributed by atoms with E-state index >= 15 is 0 Å². The van der Waals surface area contributed by atoms with Crippen molar-refractivity contribution in [2.24, 2.45) is 7.05 Å². The molecular formula is C22H27N5S. The molecule has 0 spiro atoms. The van der Waals surface area contributed by atoms with Gasteiger partial charge in [0.2, 0.25) is 0 Å². The molecule has 2 fully saturated rings. The average Bonchev–Trinajstić information content (AvgIpc) is 3.42. The topological polar surface area (TPSA) is 56.5 Å². The summed E-state index contributed by atoms with van der Waals surface area (Å²) in [6.07, 6.45) is 14.2. The maximum Gasteiger partial charge on any atom is 0.181 e. The van der Waals surface area contributed by atoms with Crippen LogP contribution in [0.15, 0.2) is 30.7 Å². The summed E-state index contributed by atoms with van der Waals surface area (Å²) in [6.45, 7) is 4.00. The Balaban J connectivity index is 0.000000345. The third-order valence-electron chi connectivity index (χ3n) is 4.89. The Kier molecular flexibility index (Phi) is 5.67. The van der Waals surface area contributed by atoms with Gasteiger partial charge in [-0.25, -0.2) is 15.0 Å². The van der Waals surface area contributed by atoms with Gasteiger partial charge in [0.15, 0.2) is 11.5 Å². The van der Waals surface area contributed by atoms with Gasteiger partial charge in [0.1, 0.15) is 4.83 Å². The molecule has 2 saturated carbocycles. The van der Waals surface area contributed by atoms with Crippen molar-refractivity contribution in [2.75, 3.05) is 0 Å². The molecule has 0 atom stereocenters. The molecular weight excluding hydrogens is 366 g/mol. The van der Waals surface area contributed by atoms with Crippen LogP contribution in [0.5, 0.6) is 0 Å². The minimum absolute atomic E-state index is 0.734. The number of rotatable bonds is 2. The highest BCUT2D eigenvalue weighted by Crippen LogP contribution is 2.41. The van der Waals surface area contributed by atoms with Crippen LogP contribution in [0.2, 0.25) is 0 Å². The molecule has 0 N–H and O–H groups in total. The zero-order valence-electron chi connectivity index (χ0n) is 16.9. The molecule has 4 heterocycles. The van der Waals surface area contributed by atoms with Crippen LogP contribution in [-0.2, 0) is 7.05 Å². The number of aryl methyl sites for hydroxylation is 1. The molecule has 0 radical (unpaired) electrons. The monoisotopic (exact) mass is 393 g/mol. The summed E-state index contributed by atoms with van der Waals surface area (Å²) in [5, 5.41) is 6.46. The lowest BCUT2D eigenvalue weighted by molar-refractivity contribution is 0.426. The molecule has 2 aliphatic rings. The van der Waals surface area contributed by atoms with Crippen LogP contribution in [0.25, 0.3) is 32.6 Å². The fourth-order valence-electron chi connectivity index (χ4n) is 3.04. The Morgan fingerprint density at radius 3 is 2.43 bits per heavy atom.